The third-order valence-corrected chi connectivity index (χ3v) is 1.42. The lowest BCUT2D eigenvalue weighted by Gasteiger charge is -1.99. The Bertz CT molecular complexity index is 254. The van der Waals surface area contributed by atoms with Gasteiger partial charge in [-0.05, 0) is 18.1 Å². The molecule has 0 aromatic heterocycles. The predicted octanol–water partition coefficient (Wildman–Crippen LogP) is 0.449. The average Bonchev–Trinajstić information content (AvgIpc) is 2.16. The highest BCUT2D eigenvalue weighted by Gasteiger charge is 1.94. The number of amides is 1. The van der Waals surface area contributed by atoms with Gasteiger partial charge in [0.05, 0.1) is 0 Å². The molecule has 0 fully saturated rings. The lowest BCUT2D eigenvalue weighted by Crippen LogP contribution is -2.15. The van der Waals surface area contributed by atoms with Gasteiger partial charge in [0, 0.05) is 18.8 Å². The van der Waals surface area contributed by atoms with Crippen LogP contribution in [0.25, 0.3) is 0 Å². The zero-order valence-electron chi connectivity index (χ0n) is 6.53. The summed E-state index contributed by atoms with van der Waals surface area (Å²) < 4.78 is 0. The van der Waals surface area contributed by atoms with Crippen LogP contribution >= 0.6 is 0 Å². The van der Waals surface area contributed by atoms with E-state index in [-0.39, 0.29) is 0 Å². The van der Waals surface area contributed by atoms with E-state index in [1.54, 1.807) is 12.3 Å². The van der Waals surface area contributed by atoms with Crippen molar-refractivity contribution >= 4 is 12.1 Å². The Morgan fingerprint density at radius 1 is 1.75 bits per heavy atom. The molecule has 2 N–H and O–H groups in total. The Balaban J connectivity index is 2.50. The summed E-state index contributed by atoms with van der Waals surface area (Å²) in [7, 11) is 0. The molecule has 1 amide bonds. The third kappa shape index (κ3) is 2.67. The molecular weight excluding hydrogens is 156 g/mol. The van der Waals surface area contributed by atoms with E-state index in [0.717, 1.165) is 18.5 Å². The maximum Gasteiger partial charge on any atom is 0.267 e. The van der Waals surface area contributed by atoms with Crippen LogP contribution in [0.1, 0.15) is 6.42 Å². The molecular formula is C8H10N2O2. The van der Waals surface area contributed by atoms with E-state index in [2.05, 4.69) is 4.99 Å². The topological polar surface area (TPSA) is 61.7 Å². The van der Waals surface area contributed by atoms with Crippen LogP contribution in [0.2, 0.25) is 0 Å². The predicted molar refractivity (Wildman–Crippen MR) is 45.1 cm³/mol. The zero-order chi connectivity index (χ0) is 8.81. The molecule has 1 rings (SSSR count). The van der Waals surface area contributed by atoms with Crippen LogP contribution in [0.3, 0.4) is 0 Å². The van der Waals surface area contributed by atoms with E-state index < -0.39 is 5.91 Å². The molecule has 0 aliphatic carbocycles. The van der Waals surface area contributed by atoms with E-state index in [0.29, 0.717) is 0 Å². The van der Waals surface area contributed by atoms with Crippen molar-refractivity contribution in [1.82, 2.24) is 5.48 Å². The van der Waals surface area contributed by atoms with Crippen LogP contribution in [0.5, 0.6) is 0 Å². The summed E-state index contributed by atoms with van der Waals surface area (Å²) in [6.07, 6.45) is 7.44. The van der Waals surface area contributed by atoms with E-state index in [1.807, 2.05) is 6.08 Å². The lowest BCUT2D eigenvalue weighted by atomic mass is 10.2. The molecule has 0 atom stereocenters. The second kappa shape index (κ2) is 4.46. The molecule has 12 heavy (non-hydrogen) atoms. The normalized spacial score (nSPS) is 16.2. The first-order valence-corrected chi connectivity index (χ1v) is 3.65. The van der Waals surface area contributed by atoms with Gasteiger partial charge < -0.3 is 0 Å². The molecule has 1 aliphatic heterocycles. The molecule has 0 unspecified atom stereocenters. The molecule has 0 spiro atoms. The molecule has 4 heteroatoms. The molecule has 0 aromatic rings. The molecule has 0 saturated heterocycles. The second-order valence-corrected chi connectivity index (χ2v) is 2.34. The zero-order valence-corrected chi connectivity index (χ0v) is 6.53. The van der Waals surface area contributed by atoms with Gasteiger partial charge >= 0.3 is 0 Å². The SMILES string of the molecule is O=C(C=CC1=CCCN=C1)NO. The smallest absolute Gasteiger partial charge is 0.267 e. The van der Waals surface area contributed by atoms with Crippen molar-refractivity contribution < 1.29 is 10.0 Å². The summed E-state index contributed by atoms with van der Waals surface area (Å²) in [6, 6.07) is 0. The number of aliphatic imine (C=N–C) groups is 1. The molecule has 0 radical (unpaired) electrons. The fraction of sp³-hybridized carbons (Fsp3) is 0.250. The first kappa shape index (κ1) is 8.67. The van der Waals surface area contributed by atoms with Crippen molar-refractivity contribution in [2.75, 3.05) is 6.54 Å². The van der Waals surface area contributed by atoms with E-state index in [1.165, 1.54) is 11.6 Å². The van der Waals surface area contributed by atoms with Crippen LogP contribution < -0.4 is 5.48 Å². The van der Waals surface area contributed by atoms with Crippen LogP contribution in [-0.2, 0) is 4.79 Å². The van der Waals surface area contributed by atoms with Gasteiger partial charge in [-0.15, -0.1) is 0 Å². The van der Waals surface area contributed by atoms with E-state index >= 15 is 0 Å². The maximum absolute atomic E-state index is 10.5. The Morgan fingerprint density at radius 2 is 2.58 bits per heavy atom. The van der Waals surface area contributed by atoms with Crippen LogP contribution in [-0.4, -0.2) is 23.9 Å². The number of nitrogens with one attached hydrogen (secondary N) is 1. The third-order valence-electron chi connectivity index (χ3n) is 1.42. The number of hydroxylamine groups is 1. The maximum atomic E-state index is 10.5. The monoisotopic (exact) mass is 166 g/mol. The Morgan fingerprint density at radius 3 is 3.17 bits per heavy atom. The highest BCUT2D eigenvalue weighted by atomic mass is 16.5. The van der Waals surface area contributed by atoms with Crippen molar-refractivity contribution in [1.29, 1.82) is 0 Å². The van der Waals surface area contributed by atoms with Crippen molar-refractivity contribution in [3.8, 4) is 0 Å². The minimum absolute atomic E-state index is 0.533. The van der Waals surface area contributed by atoms with Gasteiger partial charge in [-0.1, -0.05) is 6.08 Å². The first-order valence-electron chi connectivity index (χ1n) is 3.65. The van der Waals surface area contributed by atoms with Crippen molar-refractivity contribution in [2.24, 2.45) is 4.99 Å². The number of carbonyl (C=O) groups excluding carboxylic acids is 1. The van der Waals surface area contributed by atoms with Gasteiger partial charge in [-0.25, -0.2) is 5.48 Å². The van der Waals surface area contributed by atoms with E-state index in [4.69, 9.17) is 5.21 Å². The molecule has 1 heterocycles. The summed E-state index contributed by atoms with van der Waals surface area (Å²) in [6.45, 7) is 0.809. The number of hydrogen-bond donors (Lipinski definition) is 2. The van der Waals surface area contributed by atoms with Gasteiger partial charge in [-0.2, -0.15) is 0 Å². The van der Waals surface area contributed by atoms with Crippen LogP contribution in [0, 0.1) is 0 Å². The van der Waals surface area contributed by atoms with Gasteiger partial charge in [0.25, 0.3) is 5.91 Å². The summed E-state index contributed by atoms with van der Waals surface area (Å²) in [5.74, 6) is -0.533. The number of carbonyl (C=O) groups is 1. The van der Waals surface area contributed by atoms with Crippen molar-refractivity contribution in [2.45, 2.75) is 6.42 Å². The Kier molecular flexibility index (Phi) is 3.22. The average molecular weight is 166 g/mol. The molecule has 4 nitrogen and oxygen atoms in total. The van der Waals surface area contributed by atoms with Crippen LogP contribution in [0.15, 0.2) is 28.8 Å². The lowest BCUT2D eigenvalue weighted by molar-refractivity contribution is -0.124. The Hall–Kier alpha value is -1.42. The van der Waals surface area contributed by atoms with Gasteiger partial charge in [0.15, 0.2) is 0 Å². The number of nitrogens with zero attached hydrogens (tertiary/aromatic N) is 1. The summed E-state index contributed by atoms with van der Waals surface area (Å²) in [4.78, 5) is 14.6. The fourth-order valence-corrected chi connectivity index (χ4v) is 0.849. The fourth-order valence-electron chi connectivity index (χ4n) is 0.849. The quantitative estimate of drug-likeness (QED) is 0.355. The van der Waals surface area contributed by atoms with E-state index in [9.17, 15) is 4.79 Å². The Labute approximate surface area is 70.3 Å². The standard InChI is InChI=1S/C8H10N2O2/c11-8(10-12)4-3-7-2-1-5-9-6-7/h2-4,6,12H,1,5H2,(H,10,11). The molecule has 0 saturated carbocycles. The minimum atomic E-state index is -0.533. The summed E-state index contributed by atoms with van der Waals surface area (Å²) in [5.41, 5.74) is 2.40. The van der Waals surface area contributed by atoms with Crippen molar-refractivity contribution in [3.05, 3.63) is 23.8 Å². The molecule has 0 aromatic carbocycles. The minimum Gasteiger partial charge on any atom is -0.292 e. The number of hydrogen-bond acceptors (Lipinski definition) is 3. The highest BCUT2D eigenvalue weighted by Crippen LogP contribution is 2.01. The molecule has 64 valence electrons. The van der Waals surface area contributed by atoms with Gasteiger partial charge in [0.1, 0.15) is 0 Å². The van der Waals surface area contributed by atoms with Crippen LogP contribution in [0.4, 0.5) is 0 Å². The van der Waals surface area contributed by atoms with Gasteiger partial charge in [0.2, 0.25) is 0 Å². The molecule has 1 aliphatic rings. The number of allylic oxidation sites excluding steroid dienone is 2. The summed E-state index contributed by atoms with van der Waals surface area (Å²) >= 11 is 0. The highest BCUT2D eigenvalue weighted by molar-refractivity contribution is 5.90. The largest absolute Gasteiger partial charge is 0.292 e. The molecule has 0 bridgehead atoms. The number of rotatable bonds is 2. The van der Waals surface area contributed by atoms with Gasteiger partial charge in [-0.3, -0.25) is 15.0 Å². The van der Waals surface area contributed by atoms with Crippen molar-refractivity contribution in [3.63, 3.8) is 0 Å². The second-order valence-electron chi connectivity index (χ2n) is 2.34. The summed E-state index contributed by atoms with van der Waals surface area (Å²) in [5, 5.41) is 8.16. The first-order chi connectivity index (χ1) is 5.83. The number of dihydropyridines is 1.